The van der Waals surface area contributed by atoms with Crippen molar-refractivity contribution in [3.63, 3.8) is 0 Å². The van der Waals surface area contributed by atoms with Gasteiger partial charge in [0, 0.05) is 37.8 Å². The summed E-state index contributed by atoms with van der Waals surface area (Å²) in [6.45, 7) is 8.65. The van der Waals surface area contributed by atoms with Crippen LogP contribution in [0.5, 0.6) is 0 Å². The van der Waals surface area contributed by atoms with Crippen LogP contribution in [0.15, 0.2) is 24.3 Å². The summed E-state index contributed by atoms with van der Waals surface area (Å²) in [4.78, 5) is 42.0. The van der Waals surface area contributed by atoms with E-state index in [1.54, 1.807) is 11.8 Å². The van der Waals surface area contributed by atoms with Crippen molar-refractivity contribution in [1.82, 2.24) is 15.1 Å². The lowest BCUT2D eigenvalue weighted by molar-refractivity contribution is -0.140. The average Bonchev–Trinajstić information content (AvgIpc) is 2.88. The van der Waals surface area contributed by atoms with Gasteiger partial charge >= 0.3 is 12.2 Å². The Hall–Kier alpha value is -2.78. The van der Waals surface area contributed by atoms with E-state index in [2.05, 4.69) is 17.6 Å². The molecule has 1 aromatic carbocycles. The van der Waals surface area contributed by atoms with Crippen molar-refractivity contribution in [1.29, 1.82) is 0 Å². The van der Waals surface area contributed by atoms with Crippen molar-refractivity contribution >= 4 is 23.5 Å². The number of urea groups is 1. The number of amides is 4. The zero-order valence-corrected chi connectivity index (χ0v) is 23.1. The van der Waals surface area contributed by atoms with Crippen molar-refractivity contribution in [2.75, 3.05) is 25.0 Å². The van der Waals surface area contributed by atoms with Crippen LogP contribution in [0.3, 0.4) is 0 Å². The number of nitrogens with zero attached hydrogens (tertiary/aromatic N) is 2. The van der Waals surface area contributed by atoms with E-state index in [0.717, 1.165) is 37.8 Å². The Morgan fingerprint density at radius 1 is 1.05 bits per heavy atom. The summed E-state index contributed by atoms with van der Waals surface area (Å²) >= 11 is 0. The number of unbranched alkanes of at least 4 members (excludes halogenated alkanes) is 5. The summed E-state index contributed by atoms with van der Waals surface area (Å²) in [6.07, 6.45) is 3.07. The molecule has 1 heterocycles. The SMILES string of the molecule is CCCCCCCCC(=O)NC(C(=O)N1CCN(C(=O)Nc2cccc(C(F)(F)F)c2)C(C)C1)C(C)CC. The third-order valence-corrected chi connectivity index (χ3v) is 7.19. The lowest BCUT2D eigenvalue weighted by Gasteiger charge is -2.41. The van der Waals surface area contributed by atoms with E-state index in [1.807, 2.05) is 13.8 Å². The fourth-order valence-electron chi connectivity index (χ4n) is 4.62. The summed E-state index contributed by atoms with van der Waals surface area (Å²) in [7, 11) is 0. The van der Waals surface area contributed by atoms with Crippen LogP contribution in [0.25, 0.3) is 0 Å². The maximum atomic E-state index is 13.4. The summed E-state index contributed by atoms with van der Waals surface area (Å²) in [5.74, 6) is -0.333. The summed E-state index contributed by atoms with van der Waals surface area (Å²) in [5, 5.41) is 5.49. The number of alkyl halides is 3. The lowest BCUT2D eigenvalue weighted by Crippen LogP contribution is -2.60. The molecule has 3 atom stereocenters. The first-order valence-corrected chi connectivity index (χ1v) is 13.8. The Morgan fingerprint density at radius 2 is 1.74 bits per heavy atom. The lowest BCUT2D eigenvalue weighted by atomic mass is 9.96. The number of halogens is 3. The smallest absolute Gasteiger partial charge is 0.344 e. The molecule has 7 nitrogen and oxygen atoms in total. The predicted molar refractivity (Wildman–Crippen MR) is 143 cm³/mol. The van der Waals surface area contributed by atoms with Gasteiger partial charge < -0.3 is 20.4 Å². The molecule has 1 aromatic rings. The van der Waals surface area contributed by atoms with Crippen LogP contribution in [0.1, 0.15) is 84.6 Å². The number of rotatable bonds is 12. The first-order chi connectivity index (χ1) is 18.0. The molecule has 0 aromatic heterocycles. The minimum atomic E-state index is -4.50. The van der Waals surface area contributed by atoms with Gasteiger partial charge in [0.15, 0.2) is 0 Å². The minimum absolute atomic E-state index is 0.0476. The molecule has 2 rings (SSSR count). The number of nitrogens with one attached hydrogen (secondary N) is 2. The molecule has 38 heavy (non-hydrogen) atoms. The van der Waals surface area contributed by atoms with Crippen molar-refractivity contribution in [3.05, 3.63) is 29.8 Å². The zero-order chi connectivity index (χ0) is 28.3. The third-order valence-electron chi connectivity index (χ3n) is 7.19. The molecule has 4 amide bonds. The standard InChI is InChI=1S/C28H43F3N4O3/c1-5-7-8-9-10-11-15-24(36)33-25(20(3)6-2)26(37)34-16-17-35(21(4)19-34)27(38)32-23-14-12-13-22(18-23)28(29,30)31/h12-14,18,20-21,25H,5-11,15-17,19H2,1-4H3,(H,32,38)(H,33,36). The molecule has 1 aliphatic heterocycles. The number of anilines is 1. The molecule has 0 bridgehead atoms. The van der Waals surface area contributed by atoms with Crippen LogP contribution in [0, 0.1) is 5.92 Å². The predicted octanol–water partition coefficient (Wildman–Crippen LogP) is 6.05. The molecule has 1 aliphatic rings. The van der Waals surface area contributed by atoms with Crippen LogP contribution < -0.4 is 10.6 Å². The highest BCUT2D eigenvalue weighted by Crippen LogP contribution is 2.30. The third kappa shape index (κ3) is 9.51. The molecular formula is C28H43F3N4O3. The summed E-state index contributed by atoms with van der Waals surface area (Å²) < 4.78 is 39.0. The quantitative estimate of drug-likeness (QED) is 0.317. The maximum Gasteiger partial charge on any atom is 0.416 e. The Morgan fingerprint density at radius 3 is 2.37 bits per heavy atom. The Bertz CT molecular complexity index is 925. The number of hydrogen-bond donors (Lipinski definition) is 2. The molecular weight excluding hydrogens is 497 g/mol. The molecule has 0 aliphatic carbocycles. The van der Waals surface area contributed by atoms with E-state index < -0.39 is 23.8 Å². The van der Waals surface area contributed by atoms with Crippen molar-refractivity contribution in [2.45, 2.75) is 97.3 Å². The van der Waals surface area contributed by atoms with E-state index in [9.17, 15) is 27.6 Å². The monoisotopic (exact) mass is 540 g/mol. The molecule has 3 unspecified atom stereocenters. The highest BCUT2D eigenvalue weighted by Gasteiger charge is 2.35. The molecule has 1 fully saturated rings. The molecule has 2 N–H and O–H groups in total. The molecule has 0 radical (unpaired) electrons. The van der Waals surface area contributed by atoms with Gasteiger partial charge in [-0.3, -0.25) is 9.59 Å². The molecule has 0 spiro atoms. The number of piperazine rings is 1. The summed E-state index contributed by atoms with van der Waals surface area (Å²) in [5.41, 5.74) is -0.783. The van der Waals surface area contributed by atoms with Gasteiger partial charge in [-0.05, 0) is 37.5 Å². The van der Waals surface area contributed by atoms with E-state index >= 15 is 0 Å². The van der Waals surface area contributed by atoms with Crippen molar-refractivity contribution < 1.29 is 27.6 Å². The zero-order valence-electron chi connectivity index (χ0n) is 23.1. The van der Waals surface area contributed by atoms with Gasteiger partial charge in [0.25, 0.3) is 0 Å². The highest BCUT2D eigenvalue weighted by atomic mass is 19.4. The Labute approximate surface area is 224 Å². The molecule has 0 saturated carbocycles. The average molecular weight is 541 g/mol. The molecule has 1 saturated heterocycles. The number of hydrogen-bond acceptors (Lipinski definition) is 3. The topological polar surface area (TPSA) is 81.8 Å². The van der Waals surface area contributed by atoms with Gasteiger partial charge in [0.05, 0.1) is 5.56 Å². The van der Waals surface area contributed by atoms with Crippen LogP contribution in [0.4, 0.5) is 23.7 Å². The van der Waals surface area contributed by atoms with Gasteiger partial charge in [-0.2, -0.15) is 13.2 Å². The fraction of sp³-hybridized carbons (Fsp3) is 0.679. The van der Waals surface area contributed by atoms with E-state index in [-0.39, 0.29) is 49.1 Å². The van der Waals surface area contributed by atoms with Gasteiger partial charge in [-0.25, -0.2) is 4.79 Å². The summed E-state index contributed by atoms with van der Waals surface area (Å²) in [6, 6.07) is 2.99. The maximum absolute atomic E-state index is 13.4. The van der Waals surface area contributed by atoms with Crippen LogP contribution >= 0.6 is 0 Å². The number of benzene rings is 1. The van der Waals surface area contributed by atoms with Gasteiger partial charge in [-0.15, -0.1) is 0 Å². The van der Waals surface area contributed by atoms with Crippen LogP contribution in [0.2, 0.25) is 0 Å². The minimum Gasteiger partial charge on any atom is -0.344 e. The second-order valence-corrected chi connectivity index (χ2v) is 10.3. The van der Waals surface area contributed by atoms with Crippen molar-refractivity contribution in [3.8, 4) is 0 Å². The second-order valence-electron chi connectivity index (χ2n) is 10.3. The van der Waals surface area contributed by atoms with Crippen LogP contribution in [-0.4, -0.2) is 59.4 Å². The highest BCUT2D eigenvalue weighted by molar-refractivity contribution is 5.90. The van der Waals surface area contributed by atoms with E-state index in [4.69, 9.17) is 0 Å². The van der Waals surface area contributed by atoms with Crippen LogP contribution in [-0.2, 0) is 15.8 Å². The van der Waals surface area contributed by atoms with Crippen molar-refractivity contribution in [2.24, 2.45) is 5.92 Å². The Kier molecular flexibility index (Phi) is 12.4. The van der Waals surface area contributed by atoms with E-state index in [1.165, 1.54) is 36.3 Å². The van der Waals surface area contributed by atoms with Gasteiger partial charge in [0.2, 0.25) is 11.8 Å². The first-order valence-electron chi connectivity index (χ1n) is 13.8. The Balaban J connectivity index is 1.93. The largest absolute Gasteiger partial charge is 0.416 e. The number of carbonyl (C=O) groups excluding carboxylic acids is 3. The van der Waals surface area contributed by atoms with E-state index in [0.29, 0.717) is 6.42 Å². The second kappa shape index (κ2) is 15.0. The number of carbonyl (C=O) groups is 3. The van der Waals surface area contributed by atoms with Gasteiger partial charge in [0.1, 0.15) is 6.04 Å². The van der Waals surface area contributed by atoms with Gasteiger partial charge in [-0.1, -0.05) is 65.4 Å². The fourth-order valence-corrected chi connectivity index (χ4v) is 4.62. The normalized spacial score (nSPS) is 17.6. The molecule has 10 heteroatoms. The molecule has 214 valence electrons. The first kappa shape index (κ1) is 31.4.